The predicted octanol–water partition coefficient (Wildman–Crippen LogP) is -0.0539. The molecular weight excluding hydrogens is 272 g/mol. The van der Waals surface area contributed by atoms with E-state index in [0.29, 0.717) is 26.4 Å². The summed E-state index contributed by atoms with van der Waals surface area (Å²) in [5, 5.41) is 3.31. The van der Waals surface area contributed by atoms with Crippen molar-refractivity contribution in [2.24, 2.45) is 7.05 Å². The molecule has 1 unspecified atom stereocenters. The fourth-order valence-corrected chi connectivity index (χ4v) is 2.44. The second-order valence-electron chi connectivity index (χ2n) is 4.95. The summed E-state index contributed by atoms with van der Waals surface area (Å²) in [7, 11) is 1.94. The molecule has 0 saturated carbocycles. The lowest BCUT2D eigenvalue weighted by Gasteiger charge is -2.35. The Balaban J connectivity index is 1.89. The van der Waals surface area contributed by atoms with Gasteiger partial charge in [-0.3, -0.25) is 4.79 Å². The monoisotopic (exact) mass is 296 g/mol. The van der Waals surface area contributed by atoms with Gasteiger partial charge in [0.05, 0.1) is 13.2 Å². The number of piperazine rings is 1. The van der Waals surface area contributed by atoms with Gasteiger partial charge in [-0.25, -0.2) is 4.98 Å². The van der Waals surface area contributed by atoms with Gasteiger partial charge in [-0.05, 0) is 6.92 Å². The number of nitrogens with zero attached hydrogens (tertiary/aromatic N) is 3. The molecule has 7 heteroatoms. The molecule has 0 aliphatic carbocycles. The maximum Gasteiger partial charge on any atom is 0.249 e. The van der Waals surface area contributed by atoms with E-state index in [1.54, 1.807) is 6.20 Å². The molecule has 1 amide bonds. The minimum absolute atomic E-state index is 0.000925. The minimum atomic E-state index is -0.0401. The molecule has 0 radical (unpaired) electrons. The standard InChI is InChI=1S/C14H24N4O3/c1-3-20-8-9-21-11-13(19)18-7-4-15-10-12(18)14-16-5-6-17(14)2/h5-6,12,15H,3-4,7-11H2,1-2H3. The molecule has 0 spiro atoms. The average Bonchev–Trinajstić information content (AvgIpc) is 2.93. The van der Waals surface area contributed by atoms with Gasteiger partial charge in [0, 0.05) is 45.7 Å². The highest BCUT2D eigenvalue weighted by Crippen LogP contribution is 2.20. The van der Waals surface area contributed by atoms with Gasteiger partial charge in [0.15, 0.2) is 0 Å². The normalized spacial score (nSPS) is 19.0. The number of ether oxygens (including phenoxy) is 2. The molecule has 1 fully saturated rings. The van der Waals surface area contributed by atoms with Gasteiger partial charge >= 0.3 is 0 Å². The average molecular weight is 296 g/mol. The first-order chi connectivity index (χ1) is 10.2. The summed E-state index contributed by atoms with van der Waals surface area (Å²) < 4.78 is 12.5. The quantitative estimate of drug-likeness (QED) is 0.714. The van der Waals surface area contributed by atoms with Crippen molar-refractivity contribution in [2.45, 2.75) is 13.0 Å². The van der Waals surface area contributed by atoms with Crippen LogP contribution in [0.25, 0.3) is 0 Å². The third-order valence-electron chi connectivity index (χ3n) is 3.52. The van der Waals surface area contributed by atoms with Crippen molar-refractivity contribution in [1.82, 2.24) is 19.8 Å². The third kappa shape index (κ3) is 4.26. The first-order valence-corrected chi connectivity index (χ1v) is 7.37. The molecule has 1 aromatic heterocycles. The predicted molar refractivity (Wildman–Crippen MR) is 77.8 cm³/mol. The minimum Gasteiger partial charge on any atom is -0.379 e. The molecule has 21 heavy (non-hydrogen) atoms. The molecule has 1 atom stereocenters. The first-order valence-electron chi connectivity index (χ1n) is 7.37. The van der Waals surface area contributed by atoms with Crippen LogP contribution in [0.3, 0.4) is 0 Å². The number of rotatable bonds is 7. The van der Waals surface area contributed by atoms with Crippen LogP contribution in [0.1, 0.15) is 18.8 Å². The van der Waals surface area contributed by atoms with Crippen molar-refractivity contribution in [3.8, 4) is 0 Å². The summed E-state index contributed by atoms with van der Waals surface area (Å²) in [5.41, 5.74) is 0. The van der Waals surface area contributed by atoms with Crippen LogP contribution < -0.4 is 5.32 Å². The second-order valence-corrected chi connectivity index (χ2v) is 4.95. The molecule has 1 N–H and O–H groups in total. The van der Waals surface area contributed by atoms with Gasteiger partial charge in [-0.2, -0.15) is 0 Å². The zero-order valence-corrected chi connectivity index (χ0v) is 12.7. The van der Waals surface area contributed by atoms with E-state index in [-0.39, 0.29) is 18.6 Å². The number of carbonyl (C=O) groups excluding carboxylic acids is 1. The second kappa shape index (κ2) is 8.11. The van der Waals surface area contributed by atoms with Crippen molar-refractivity contribution >= 4 is 5.91 Å². The van der Waals surface area contributed by atoms with E-state index in [9.17, 15) is 4.79 Å². The Morgan fingerprint density at radius 2 is 2.29 bits per heavy atom. The first kappa shape index (κ1) is 15.9. The van der Waals surface area contributed by atoms with E-state index < -0.39 is 0 Å². The van der Waals surface area contributed by atoms with Gasteiger partial charge in [0.2, 0.25) is 5.91 Å². The fraction of sp³-hybridized carbons (Fsp3) is 0.714. The Morgan fingerprint density at radius 3 is 3.00 bits per heavy atom. The topological polar surface area (TPSA) is 68.6 Å². The van der Waals surface area contributed by atoms with Crippen molar-refractivity contribution in [2.75, 3.05) is 46.1 Å². The van der Waals surface area contributed by atoms with Crippen LogP contribution in [-0.4, -0.2) is 66.4 Å². The maximum absolute atomic E-state index is 12.3. The highest BCUT2D eigenvalue weighted by Gasteiger charge is 2.30. The summed E-state index contributed by atoms with van der Waals surface area (Å²) in [4.78, 5) is 18.6. The highest BCUT2D eigenvalue weighted by atomic mass is 16.5. The molecule has 1 aromatic rings. The van der Waals surface area contributed by atoms with Crippen LogP contribution in [-0.2, 0) is 21.3 Å². The number of hydrogen-bond acceptors (Lipinski definition) is 5. The lowest BCUT2D eigenvalue weighted by Crippen LogP contribution is -2.50. The number of imidazole rings is 1. The number of hydrogen-bond donors (Lipinski definition) is 1. The van der Waals surface area contributed by atoms with E-state index >= 15 is 0 Å². The summed E-state index contributed by atoms with van der Waals surface area (Å²) in [6.45, 7) is 5.84. The van der Waals surface area contributed by atoms with E-state index in [0.717, 1.165) is 18.9 Å². The Bertz CT molecular complexity index is 449. The number of amides is 1. The molecular formula is C14H24N4O3. The summed E-state index contributed by atoms with van der Waals surface area (Å²) in [6, 6.07) is -0.0401. The molecule has 2 rings (SSSR count). The van der Waals surface area contributed by atoms with E-state index in [4.69, 9.17) is 9.47 Å². The fourth-order valence-electron chi connectivity index (χ4n) is 2.44. The third-order valence-corrected chi connectivity index (χ3v) is 3.52. The Kier molecular flexibility index (Phi) is 6.16. The van der Waals surface area contributed by atoms with Gasteiger partial charge in [0.1, 0.15) is 18.5 Å². The smallest absolute Gasteiger partial charge is 0.249 e. The number of aryl methyl sites for hydroxylation is 1. The Morgan fingerprint density at radius 1 is 1.48 bits per heavy atom. The zero-order valence-electron chi connectivity index (χ0n) is 12.7. The number of carbonyl (C=O) groups is 1. The molecule has 7 nitrogen and oxygen atoms in total. The Labute approximate surface area is 125 Å². The summed E-state index contributed by atoms with van der Waals surface area (Å²) in [6.07, 6.45) is 3.65. The van der Waals surface area contributed by atoms with Crippen LogP contribution in [0.5, 0.6) is 0 Å². The molecule has 1 aliphatic heterocycles. The molecule has 118 valence electrons. The molecule has 2 heterocycles. The van der Waals surface area contributed by atoms with E-state index in [1.807, 2.05) is 29.6 Å². The highest BCUT2D eigenvalue weighted by molar-refractivity contribution is 5.78. The van der Waals surface area contributed by atoms with Crippen molar-refractivity contribution in [3.05, 3.63) is 18.2 Å². The largest absolute Gasteiger partial charge is 0.379 e. The van der Waals surface area contributed by atoms with E-state index in [1.165, 1.54) is 0 Å². The molecule has 1 aliphatic rings. The molecule has 1 saturated heterocycles. The lowest BCUT2D eigenvalue weighted by atomic mass is 10.1. The number of nitrogens with one attached hydrogen (secondary N) is 1. The van der Waals surface area contributed by atoms with Gasteiger partial charge < -0.3 is 24.3 Å². The summed E-state index contributed by atoms with van der Waals surface area (Å²) >= 11 is 0. The van der Waals surface area contributed by atoms with Crippen LogP contribution in [0.2, 0.25) is 0 Å². The maximum atomic E-state index is 12.3. The summed E-state index contributed by atoms with van der Waals surface area (Å²) in [5.74, 6) is 0.894. The molecule has 0 bridgehead atoms. The Hall–Kier alpha value is -1.44. The van der Waals surface area contributed by atoms with E-state index in [2.05, 4.69) is 10.3 Å². The van der Waals surface area contributed by atoms with Crippen molar-refractivity contribution < 1.29 is 14.3 Å². The van der Waals surface area contributed by atoms with Crippen LogP contribution in [0.15, 0.2) is 12.4 Å². The SMILES string of the molecule is CCOCCOCC(=O)N1CCNCC1c1nccn1C. The van der Waals surface area contributed by atoms with Crippen LogP contribution >= 0.6 is 0 Å². The number of aromatic nitrogens is 2. The van der Waals surface area contributed by atoms with Crippen LogP contribution in [0, 0.1) is 0 Å². The zero-order chi connectivity index (χ0) is 15.1. The van der Waals surface area contributed by atoms with Gasteiger partial charge in [-0.15, -0.1) is 0 Å². The van der Waals surface area contributed by atoms with Crippen molar-refractivity contribution in [1.29, 1.82) is 0 Å². The van der Waals surface area contributed by atoms with Crippen molar-refractivity contribution in [3.63, 3.8) is 0 Å². The van der Waals surface area contributed by atoms with Gasteiger partial charge in [-0.1, -0.05) is 0 Å². The van der Waals surface area contributed by atoms with Gasteiger partial charge in [0.25, 0.3) is 0 Å². The molecule has 0 aromatic carbocycles. The lowest BCUT2D eigenvalue weighted by molar-refractivity contribution is -0.140. The van der Waals surface area contributed by atoms with Crippen LogP contribution in [0.4, 0.5) is 0 Å².